The molecule has 2 N–H and O–H groups in total. The molecule has 0 saturated carbocycles. The Bertz CT molecular complexity index is 967. The highest BCUT2D eigenvalue weighted by molar-refractivity contribution is 7.80. The predicted molar refractivity (Wildman–Crippen MR) is 116 cm³/mol. The van der Waals surface area contributed by atoms with Crippen LogP contribution in [0.1, 0.15) is 10.4 Å². The Balaban J connectivity index is 1.71. The highest BCUT2D eigenvalue weighted by atomic mass is 35.5. The number of ether oxygens (including phenoxy) is 1. The van der Waals surface area contributed by atoms with Crippen molar-refractivity contribution in [2.24, 2.45) is 0 Å². The Hall–Kier alpha value is -2.46. The molecule has 0 aromatic heterocycles. The van der Waals surface area contributed by atoms with Crippen molar-refractivity contribution in [2.45, 2.75) is 0 Å². The highest BCUT2D eigenvalue weighted by Crippen LogP contribution is 2.31. The van der Waals surface area contributed by atoms with E-state index in [9.17, 15) is 14.9 Å². The van der Waals surface area contributed by atoms with Gasteiger partial charge in [-0.25, -0.2) is 0 Å². The summed E-state index contributed by atoms with van der Waals surface area (Å²) < 4.78 is 5.29. The van der Waals surface area contributed by atoms with E-state index in [2.05, 4.69) is 10.6 Å². The fourth-order valence-electron chi connectivity index (χ4n) is 2.79. The second kappa shape index (κ2) is 9.36. The molecular weight excluding hydrogens is 439 g/mol. The lowest BCUT2D eigenvalue weighted by molar-refractivity contribution is -0.384. The van der Waals surface area contributed by atoms with Gasteiger partial charge in [-0.2, -0.15) is 0 Å². The standard InChI is InChI=1S/C18H16Cl2N4O4S/c19-13-3-1-11(9-14(13)20)17(25)22-18(29)21-12-2-4-15(16(10-12)24(26)27)23-5-7-28-8-6-23/h1-4,9-10H,5-8H2,(H2,21,22,25,29). The topological polar surface area (TPSA) is 96.7 Å². The van der Waals surface area contributed by atoms with E-state index in [1.807, 2.05) is 4.90 Å². The van der Waals surface area contributed by atoms with Crippen molar-refractivity contribution in [2.75, 3.05) is 36.5 Å². The molecule has 29 heavy (non-hydrogen) atoms. The Morgan fingerprint density at radius 2 is 1.86 bits per heavy atom. The molecule has 1 amide bonds. The minimum atomic E-state index is -0.486. The highest BCUT2D eigenvalue weighted by Gasteiger charge is 2.22. The summed E-state index contributed by atoms with van der Waals surface area (Å²) in [6.07, 6.45) is 0. The van der Waals surface area contributed by atoms with Crippen LogP contribution in [0.3, 0.4) is 0 Å². The fourth-order valence-corrected chi connectivity index (χ4v) is 3.30. The first kappa shape index (κ1) is 21.3. The van der Waals surface area contributed by atoms with Gasteiger partial charge in [0.15, 0.2) is 5.11 Å². The molecule has 11 heteroatoms. The molecule has 2 aromatic carbocycles. The molecule has 0 aliphatic carbocycles. The molecular formula is C18H16Cl2N4O4S. The SMILES string of the molecule is O=C(NC(=S)Nc1ccc(N2CCOCC2)c([N+](=O)[O-])c1)c1ccc(Cl)c(Cl)c1. The summed E-state index contributed by atoms with van der Waals surface area (Å²) in [6, 6.07) is 9.12. The van der Waals surface area contributed by atoms with Gasteiger partial charge in [-0.3, -0.25) is 20.2 Å². The number of carbonyl (C=O) groups is 1. The Labute approximate surface area is 181 Å². The number of carbonyl (C=O) groups excluding carboxylic acids is 1. The maximum absolute atomic E-state index is 12.3. The maximum Gasteiger partial charge on any atom is 0.294 e. The van der Waals surface area contributed by atoms with Crippen LogP contribution in [-0.4, -0.2) is 42.2 Å². The van der Waals surface area contributed by atoms with Crippen molar-refractivity contribution < 1.29 is 14.5 Å². The number of hydrogen-bond donors (Lipinski definition) is 2. The predicted octanol–water partition coefficient (Wildman–Crippen LogP) is 3.87. The largest absolute Gasteiger partial charge is 0.378 e. The summed E-state index contributed by atoms with van der Waals surface area (Å²) in [5.41, 5.74) is 1.11. The molecule has 0 atom stereocenters. The third kappa shape index (κ3) is 5.33. The molecule has 1 aliphatic heterocycles. The summed E-state index contributed by atoms with van der Waals surface area (Å²) in [6.45, 7) is 2.18. The number of hydrogen-bond acceptors (Lipinski definition) is 6. The number of nitrogens with one attached hydrogen (secondary N) is 2. The molecule has 1 heterocycles. The molecule has 0 spiro atoms. The number of nitrogens with zero attached hydrogens (tertiary/aromatic N) is 2. The molecule has 8 nitrogen and oxygen atoms in total. The van der Waals surface area contributed by atoms with Crippen LogP contribution in [0.25, 0.3) is 0 Å². The lowest BCUT2D eigenvalue weighted by Crippen LogP contribution is -2.36. The smallest absolute Gasteiger partial charge is 0.294 e. The second-order valence-corrected chi connectivity index (χ2v) is 7.32. The van der Waals surface area contributed by atoms with Crippen molar-refractivity contribution in [3.8, 4) is 0 Å². The second-order valence-electron chi connectivity index (χ2n) is 6.10. The van der Waals surface area contributed by atoms with Gasteiger partial charge in [0.25, 0.3) is 11.6 Å². The Morgan fingerprint density at radius 3 is 2.52 bits per heavy atom. The zero-order valence-corrected chi connectivity index (χ0v) is 17.3. The van der Waals surface area contributed by atoms with Crippen molar-refractivity contribution >= 4 is 63.5 Å². The van der Waals surface area contributed by atoms with E-state index in [1.165, 1.54) is 24.3 Å². The molecule has 0 bridgehead atoms. The number of thiocarbonyl (C=S) groups is 1. The van der Waals surface area contributed by atoms with E-state index < -0.39 is 10.8 Å². The van der Waals surface area contributed by atoms with Gasteiger partial charge < -0.3 is 15.0 Å². The first-order chi connectivity index (χ1) is 13.8. The summed E-state index contributed by atoms with van der Waals surface area (Å²) in [5.74, 6) is -0.486. The van der Waals surface area contributed by atoms with Crippen LogP contribution in [0, 0.1) is 10.1 Å². The van der Waals surface area contributed by atoms with Crippen LogP contribution in [0.2, 0.25) is 10.0 Å². The van der Waals surface area contributed by atoms with Crippen LogP contribution in [0.4, 0.5) is 17.1 Å². The molecule has 3 rings (SSSR count). The Kier molecular flexibility index (Phi) is 6.86. The van der Waals surface area contributed by atoms with Gasteiger partial charge in [0, 0.05) is 30.4 Å². The lowest BCUT2D eigenvalue weighted by atomic mass is 10.2. The molecule has 1 fully saturated rings. The minimum absolute atomic E-state index is 0.00510. The molecule has 0 unspecified atom stereocenters. The van der Waals surface area contributed by atoms with E-state index in [0.29, 0.717) is 42.7 Å². The number of rotatable bonds is 4. The van der Waals surface area contributed by atoms with Crippen LogP contribution in [0.5, 0.6) is 0 Å². The average molecular weight is 455 g/mol. The van der Waals surface area contributed by atoms with Crippen molar-refractivity contribution in [1.82, 2.24) is 5.32 Å². The number of morpholine rings is 1. The number of nitro groups is 1. The van der Waals surface area contributed by atoms with Gasteiger partial charge in [-0.05, 0) is 42.5 Å². The molecule has 2 aromatic rings. The summed E-state index contributed by atoms with van der Waals surface area (Å²) in [7, 11) is 0. The van der Waals surface area contributed by atoms with Crippen molar-refractivity contribution in [3.63, 3.8) is 0 Å². The number of halogens is 2. The first-order valence-electron chi connectivity index (χ1n) is 8.53. The van der Waals surface area contributed by atoms with Gasteiger partial charge in [0.05, 0.1) is 28.2 Å². The molecule has 1 aliphatic rings. The van der Waals surface area contributed by atoms with E-state index in [-0.39, 0.29) is 21.4 Å². The molecule has 1 saturated heterocycles. The lowest BCUT2D eigenvalue weighted by Gasteiger charge is -2.28. The number of anilines is 2. The Morgan fingerprint density at radius 1 is 1.14 bits per heavy atom. The van der Waals surface area contributed by atoms with Crippen LogP contribution >= 0.6 is 35.4 Å². The number of benzene rings is 2. The summed E-state index contributed by atoms with van der Waals surface area (Å²) in [4.78, 5) is 25.2. The van der Waals surface area contributed by atoms with Gasteiger partial charge in [0.2, 0.25) is 0 Å². The third-order valence-electron chi connectivity index (χ3n) is 4.19. The van der Waals surface area contributed by atoms with Crippen LogP contribution < -0.4 is 15.5 Å². The maximum atomic E-state index is 12.3. The van der Waals surface area contributed by atoms with E-state index in [1.54, 1.807) is 12.1 Å². The van der Waals surface area contributed by atoms with Gasteiger partial charge in [-0.15, -0.1) is 0 Å². The first-order valence-corrected chi connectivity index (χ1v) is 9.70. The zero-order valence-electron chi connectivity index (χ0n) is 15.0. The summed E-state index contributed by atoms with van der Waals surface area (Å²) in [5, 5.41) is 17.4. The molecule has 0 radical (unpaired) electrons. The van der Waals surface area contributed by atoms with Gasteiger partial charge in [0.1, 0.15) is 5.69 Å². The van der Waals surface area contributed by atoms with Crippen molar-refractivity contribution in [3.05, 3.63) is 62.1 Å². The zero-order chi connectivity index (χ0) is 21.0. The van der Waals surface area contributed by atoms with Gasteiger partial charge >= 0.3 is 0 Å². The number of nitro benzene ring substituents is 1. The fraction of sp³-hybridized carbons (Fsp3) is 0.222. The monoisotopic (exact) mass is 454 g/mol. The number of amides is 1. The minimum Gasteiger partial charge on any atom is -0.378 e. The van der Waals surface area contributed by atoms with E-state index in [4.69, 9.17) is 40.2 Å². The normalized spacial score (nSPS) is 13.7. The average Bonchev–Trinajstić information content (AvgIpc) is 2.70. The van der Waals surface area contributed by atoms with Gasteiger partial charge in [-0.1, -0.05) is 23.2 Å². The molecule has 152 valence electrons. The van der Waals surface area contributed by atoms with E-state index >= 15 is 0 Å². The quantitative estimate of drug-likeness (QED) is 0.411. The van der Waals surface area contributed by atoms with Crippen LogP contribution in [-0.2, 0) is 4.74 Å². The summed E-state index contributed by atoms with van der Waals surface area (Å²) >= 11 is 16.9. The van der Waals surface area contributed by atoms with Crippen LogP contribution in [0.15, 0.2) is 36.4 Å². The van der Waals surface area contributed by atoms with E-state index in [0.717, 1.165) is 0 Å². The van der Waals surface area contributed by atoms with Crippen molar-refractivity contribution in [1.29, 1.82) is 0 Å². The third-order valence-corrected chi connectivity index (χ3v) is 5.13.